The van der Waals surface area contributed by atoms with Crippen LogP contribution in [-0.2, 0) is 4.79 Å². The zero-order chi connectivity index (χ0) is 19.6. The molecule has 0 aliphatic carbocycles. The van der Waals surface area contributed by atoms with Crippen molar-refractivity contribution in [1.29, 1.82) is 0 Å². The van der Waals surface area contributed by atoms with Gasteiger partial charge in [-0.05, 0) is 29.8 Å². The van der Waals surface area contributed by atoms with E-state index in [-0.39, 0.29) is 23.2 Å². The van der Waals surface area contributed by atoms with Crippen molar-refractivity contribution in [2.45, 2.75) is 0 Å². The molecule has 1 amide bonds. The Balaban J connectivity index is 1.91. The summed E-state index contributed by atoms with van der Waals surface area (Å²) in [6.45, 7) is 0. The summed E-state index contributed by atoms with van der Waals surface area (Å²) >= 11 is 6.32. The van der Waals surface area contributed by atoms with Gasteiger partial charge >= 0.3 is 5.69 Å². The molecule has 0 bridgehead atoms. The van der Waals surface area contributed by atoms with Gasteiger partial charge in [-0.25, -0.2) is 4.98 Å². The van der Waals surface area contributed by atoms with Gasteiger partial charge in [0.15, 0.2) is 11.5 Å². The van der Waals surface area contributed by atoms with Gasteiger partial charge in [-0.2, -0.15) is 0 Å². The summed E-state index contributed by atoms with van der Waals surface area (Å²) < 4.78 is 11.4. The highest BCUT2D eigenvalue weighted by molar-refractivity contribution is 8.26. The van der Waals surface area contributed by atoms with E-state index in [1.54, 1.807) is 31.3 Å². The Morgan fingerprint density at radius 3 is 2.74 bits per heavy atom. The number of methoxy groups -OCH3 is 1. The smallest absolute Gasteiger partial charge is 0.331 e. The van der Waals surface area contributed by atoms with E-state index in [2.05, 4.69) is 4.98 Å². The fraction of sp³-hybridized carbons (Fsp3) is 0.118. The third-order valence-corrected chi connectivity index (χ3v) is 5.11. The molecule has 0 N–H and O–H groups in total. The van der Waals surface area contributed by atoms with E-state index < -0.39 is 4.92 Å². The number of rotatable bonds is 5. The van der Waals surface area contributed by atoms with Crippen molar-refractivity contribution in [1.82, 2.24) is 9.88 Å². The molecular formula is C17H13N3O5S2. The topological polar surface area (TPSA) is 94.8 Å². The van der Waals surface area contributed by atoms with E-state index in [0.29, 0.717) is 20.5 Å². The maximum atomic E-state index is 12.1. The van der Waals surface area contributed by atoms with E-state index >= 15 is 0 Å². The number of nitrogens with zero attached hydrogens (tertiary/aromatic N) is 3. The Morgan fingerprint density at radius 2 is 2.11 bits per heavy atom. The molecule has 2 aromatic rings. The number of carbonyl (C=O) groups is 1. The molecule has 10 heteroatoms. The zero-order valence-electron chi connectivity index (χ0n) is 14.2. The number of ether oxygens (including phenoxy) is 2. The molecule has 1 aliphatic heterocycles. The van der Waals surface area contributed by atoms with Crippen LogP contribution in [0.25, 0.3) is 6.08 Å². The predicted octanol–water partition coefficient (Wildman–Crippen LogP) is 3.62. The minimum atomic E-state index is -0.573. The van der Waals surface area contributed by atoms with Gasteiger partial charge in [0.1, 0.15) is 4.32 Å². The van der Waals surface area contributed by atoms with Gasteiger partial charge in [0.2, 0.25) is 0 Å². The maximum Gasteiger partial charge on any atom is 0.331 e. The van der Waals surface area contributed by atoms with Crippen LogP contribution in [-0.4, -0.2) is 39.2 Å². The molecular weight excluding hydrogens is 390 g/mol. The molecule has 138 valence electrons. The number of nitro groups is 1. The first-order valence-corrected chi connectivity index (χ1v) is 8.80. The minimum absolute atomic E-state index is 0.139. The number of thioether (sulfide) groups is 1. The number of carbonyl (C=O) groups excluding carboxylic acids is 1. The highest BCUT2D eigenvalue weighted by atomic mass is 32.2. The molecule has 1 aliphatic rings. The fourth-order valence-electron chi connectivity index (χ4n) is 2.26. The van der Waals surface area contributed by atoms with Crippen LogP contribution in [0, 0.1) is 10.1 Å². The second kappa shape index (κ2) is 7.72. The average Bonchev–Trinajstić information content (AvgIpc) is 2.90. The summed E-state index contributed by atoms with van der Waals surface area (Å²) in [5.74, 6) is 0.295. The first kappa shape index (κ1) is 18.8. The molecule has 0 saturated carbocycles. The number of pyridine rings is 1. The van der Waals surface area contributed by atoms with Gasteiger partial charge in [0.25, 0.3) is 11.8 Å². The quantitative estimate of drug-likeness (QED) is 0.323. The van der Waals surface area contributed by atoms with Crippen LogP contribution in [0.5, 0.6) is 17.4 Å². The largest absolute Gasteiger partial charge is 0.493 e. The number of benzene rings is 1. The summed E-state index contributed by atoms with van der Waals surface area (Å²) in [5.41, 5.74) is 0.443. The van der Waals surface area contributed by atoms with E-state index in [9.17, 15) is 14.9 Å². The van der Waals surface area contributed by atoms with Crippen molar-refractivity contribution in [2.75, 3.05) is 14.2 Å². The van der Waals surface area contributed by atoms with Gasteiger partial charge in [-0.1, -0.05) is 30.0 Å². The molecule has 0 radical (unpaired) electrons. The van der Waals surface area contributed by atoms with Gasteiger partial charge in [0.05, 0.1) is 16.9 Å². The predicted molar refractivity (Wildman–Crippen MR) is 105 cm³/mol. The summed E-state index contributed by atoms with van der Waals surface area (Å²) in [6, 6.07) is 7.71. The normalized spacial score (nSPS) is 15.3. The van der Waals surface area contributed by atoms with Crippen LogP contribution >= 0.6 is 24.0 Å². The van der Waals surface area contributed by atoms with Crippen LogP contribution < -0.4 is 9.47 Å². The van der Waals surface area contributed by atoms with Gasteiger partial charge < -0.3 is 9.47 Å². The molecule has 2 heterocycles. The third-order valence-electron chi connectivity index (χ3n) is 3.63. The number of thiocarbonyl (C=S) groups is 1. The number of hydrogen-bond donors (Lipinski definition) is 0. The number of aromatic nitrogens is 1. The van der Waals surface area contributed by atoms with Crippen molar-refractivity contribution in [3.63, 3.8) is 0 Å². The standard InChI is InChI=1S/C17H13N3O5S2/c1-19-16(21)14(27-17(19)26)9-10-5-6-12(13(8-10)24-2)25-15-11(20(22)23)4-3-7-18-15/h3-9H,1-2H3/b14-9+. The minimum Gasteiger partial charge on any atom is -0.493 e. The molecule has 1 fully saturated rings. The lowest BCUT2D eigenvalue weighted by Crippen LogP contribution is -2.22. The number of likely N-dealkylation sites (N-methyl/N-ethyl adjacent to an activating group) is 1. The van der Waals surface area contributed by atoms with Crippen LogP contribution in [0.2, 0.25) is 0 Å². The van der Waals surface area contributed by atoms with E-state index in [0.717, 1.165) is 0 Å². The molecule has 0 atom stereocenters. The van der Waals surface area contributed by atoms with Crippen LogP contribution in [0.4, 0.5) is 5.69 Å². The van der Waals surface area contributed by atoms with Crippen molar-refractivity contribution < 1.29 is 19.2 Å². The Kier molecular flexibility index (Phi) is 5.38. The Bertz CT molecular complexity index is 977. The Morgan fingerprint density at radius 1 is 1.33 bits per heavy atom. The Labute approximate surface area is 163 Å². The van der Waals surface area contributed by atoms with E-state index in [1.807, 2.05) is 0 Å². The summed E-state index contributed by atoms with van der Waals surface area (Å²) in [7, 11) is 3.07. The van der Waals surface area contributed by atoms with Crippen LogP contribution in [0.1, 0.15) is 5.56 Å². The second-order valence-corrected chi connectivity index (χ2v) is 7.01. The summed E-state index contributed by atoms with van der Waals surface area (Å²) in [5, 5.41) is 11.1. The Hall–Kier alpha value is -2.98. The van der Waals surface area contributed by atoms with Crippen LogP contribution in [0.3, 0.4) is 0 Å². The molecule has 0 unspecified atom stereocenters. The number of hydrogen-bond acceptors (Lipinski definition) is 8. The zero-order valence-corrected chi connectivity index (χ0v) is 15.9. The monoisotopic (exact) mass is 403 g/mol. The first-order chi connectivity index (χ1) is 12.9. The highest BCUT2D eigenvalue weighted by Crippen LogP contribution is 2.37. The first-order valence-electron chi connectivity index (χ1n) is 7.57. The van der Waals surface area contributed by atoms with Crippen molar-refractivity contribution in [2.24, 2.45) is 0 Å². The molecule has 8 nitrogen and oxygen atoms in total. The second-order valence-electron chi connectivity index (χ2n) is 5.34. The van der Waals surface area contributed by atoms with Gasteiger partial charge in [-0.15, -0.1) is 0 Å². The molecule has 27 heavy (non-hydrogen) atoms. The lowest BCUT2D eigenvalue weighted by atomic mass is 10.2. The van der Waals surface area contributed by atoms with Crippen molar-refractivity contribution in [3.8, 4) is 17.4 Å². The SMILES string of the molecule is COc1cc(/C=C2/SC(=S)N(C)C2=O)ccc1Oc1ncccc1[N+](=O)[O-]. The lowest BCUT2D eigenvalue weighted by molar-refractivity contribution is -0.386. The lowest BCUT2D eigenvalue weighted by Gasteiger charge is -2.10. The summed E-state index contributed by atoms with van der Waals surface area (Å²) in [6.07, 6.45) is 3.09. The van der Waals surface area contributed by atoms with Gasteiger partial charge in [-0.3, -0.25) is 19.8 Å². The molecule has 1 saturated heterocycles. The third kappa shape index (κ3) is 3.91. The highest BCUT2D eigenvalue weighted by Gasteiger charge is 2.28. The van der Waals surface area contributed by atoms with Crippen molar-refractivity contribution in [3.05, 3.63) is 57.1 Å². The maximum absolute atomic E-state index is 12.1. The van der Waals surface area contributed by atoms with E-state index in [1.165, 1.54) is 42.1 Å². The van der Waals surface area contributed by atoms with Gasteiger partial charge in [0, 0.05) is 19.3 Å². The fourth-order valence-corrected chi connectivity index (χ4v) is 3.44. The molecule has 1 aromatic carbocycles. The van der Waals surface area contributed by atoms with Crippen LogP contribution in [0.15, 0.2) is 41.4 Å². The molecule has 1 aromatic heterocycles. The number of amides is 1. The summed E-state index contributed by atoms with van der Waals surface area (Å²) in [4.78, 5) is 28.4. The molecule has 0 spiro atoms. The average molecular weight is 403 g/mol. The molecule has 3 rings (SSSR count). The van der Waals surface area contributed by atoms with E-state index in [4.69, 9.17) is 21.7 Å². The van der Waals surface area contributed by atoms with Crippen molar-refractivity contribution >= 4 is 46.0 Å².